The number of carbonyl (C=O) groups excluding carboxylic acids is 2. The summed E-state index contributed by atoms with van der Waals surface area (Å²) in [5.41, 5.74) is 2.04. The zero-order valence-corrected chi connectivity index (χ0v) is 15.8. The van der Waals surface area contributed by atoms with E-state index in [4.69, 9.17) is 16.3 Å². The average Bonchev–Trinajstić information content (AvgIpc) is 2.65. The third-order valence-electron chi connectivity index (χ3n) is 4.01. The van der Waals surface area contributed by atoms with Crippen LogP contribution in [0.4, 0.5) is 0 Å². The molecule has 0 saturated heterocycles. The second-order valence-electron chi connectivity index (χ2n) is 5.94. The van der Waals surface area contributed by atoms with Gasteiger partial charge in [-0.1, -0.05) is 35.9 Å². The molecule has 0 unspecified atom stereocenters. The number of carbonyl (C=O) groups is 2. The van der Waals surface area contributed by atoms with Crippen LogP contribution >= 0.6 is 11.6 Å². The predicted molar refractivity (Wildman–Crippen MR) is 102 cm³/mol. The van der Waals surface area contributed by atoms with Crippen molar-refractivity contribution in [1.82, 2.24) is 10.2 Å². The van der Waals surface area contributed by atoms with Crippen LogP contribution in [0.3, 0.4) is 0 Å². The summed E-state index contributed by atoms with van der Waals surface area (Å²) in [5.74, 6) is 0.454. The van der Waals surface area contributed by atoms with Gasteiger partial charge in [0.2, 0.25) is 11.8 Å². The van der Waals surface area contributed by atoms with Gasteiger partial charge in [0.15, 0.2) is 0 Å². The lowest BCUT2D eigenvalue weighted by atomic mass is 10.1. The average molecular weight is 375 g/mol. The number of nitrogens with one attached hydrogen (secondary N) is 1. The van der Waals surface area contributed by atoms with Gasteiger partial charge in [-0.2, -0.15) is 0 Å². The lowest BCUT2D eigenvalue weighted by Gasteiger charge is -2.20. The van der Waals surface area contributed by atoms with Crippen molar-refractivity contribution in [3.63, 3.8) is 0 Å². The number of rotatable bonds is 8. The summed E-state index contributed by atoms with van der Waals surface area (Å²) in [6.45, 7) is 2.40. The highest BCUT2D eigenvalue weighted by Crippen LogP contribution is 2.11. The Balaban J connectivity index is 1.82. The smallest absolute Gasteiger partial charge is 0.239 e. The Kier molecular flexibility index (Phi) is 7.48. The maximum atomic E-state index is 12.2. The number of hydrogen-bond acceptors (Lipinski definition) is 3. The summed E-state index contributed by atoms with van der Waals surface area (Å²) in [6.07, 6.45) is 0.669. The summed E-state index contributed by atoms with van der Waals surface area (Å²) < 4.78 is 5.10. The van der Waals surface area contributed by atoms with Gasteiger partial charge in [-0.25, -0.2) is 0 Å². The first kappa shape index (κ1) is 19.8. The second kappa shape index (κ2) is 9.82. The van der Waals surface area contributed by atoms with Crippen LogP contribution in [0.1, 0.15) is 18.1 Å². The van der Waals surface area contributed by atoms with Crippen molar-refractivity contribution < 1.29 is 14.3 Å². The first-order chi connectivity index (χ1) is 12.5. The van der Waals surface area contributed by atoms with Crippen LogP contribution in [-0.2, 0) is 22.6 Å². The minimum Gasteiger partial charge on any atom is -0.497 e. The molecule has 2 aromatic carbocycles. The van der Waals surface area contributed by atoms with Gasteiger partial charge in [0, 0.05) is 25.0 Å². The van der Waals surface area contributed by atoms with E-state index in [1.54, 1.807) is 7.11 Å². The molecule has 2 amide bonds. The first-order valence-electron chi connectivity index (χ1n) is 8.37. The molecular formula is C20H23ClN2O3. The molecule has 0 atom stereocenters. The van der Waals surface area contributed by atoms with Crippen molar-refractivity contribution in [2.75, 3.05) is 20.2 Å². The van der Waals surface area contributed by atoms with E-state index in [-0.39, 0.29) is 18.4 Å². The molecule has 0 aliphatic heterocycles. The molecule has 0 spiro atoms. The Morgan fingerprint density at radius 3 is 2.23 bits per heavy atom. The van der Waals surface area contributed by atoms with Crippen molar-refractivity contribution in [2.45, 2.75) is 19.9 Å². The van der Waals surface area contributed by atoms with Gasteiger partial charge in [-0.3, -0.25) is 9.59 Å². The molecule has 2 rings (SSSR count). The molecule has 5 nitrogen and oxygen atoms in total. The third-order valence-corrected chi connectivity index (χ3v) is 4.26. The SMILES string of the molecule is COc1ccc(CNC(=O)CN(CCc2ccc(Cl)cc2)C(C)=O)cc1. The minimum atomic E-state index is -0.188. The number of amides is 2. The summed E-state index contributed by atoms with van der Waals surface area (Å²) in [4.78, 5) is 25.5. The molecule has 0 aliphatic carbocycles. The molecule has 0 aliphatic rings. The summed E-state index contributed by atoms with van der Waals surface area (Å²) >= 11 is 5.87. The highest BCUT2D eigenvalue weighted by Gasteiger charge is 2.13. The highest BCUT2D eigenvalue weighted by molar-refractivity contribution is 6.30. The Hall–Kier alpha value is -2.53. The Bertz CT molecular complexity index is 730. The minimum absolute atomic E-state index is 0.0408. The molecule has 0 fully saturated rings. The number of methoxy groups -OCH3 is 1. The van der Waals surface area contributed by atoms with Gasteiger partial charge >= 0.3 is 0 Å². The largest absolute Gasteiger partial charge is 0.497 e. The maximum Gasteiger partial charge on any atom is 0.239 e. The number of nitrogens with zero attached hydrogens (tertiary/aromatic N) is 1. The second-order valence-corrected chi connectivity index (χ2v) is 6.38. The van der Waals surface area contributed by atoms with E-state index in [1.165, 1.54) is 11.8 Å². The van der Waals surface area contributed by atoms with E-state index in [9.17, 15) is 9.59 Å². The van der Waals surface area contributed by atoms with Crippen LogP contribution in [0.5, 0.6) is 5.75 Å². The van der Waals surface area contributed by atoms with Gasteiger partial charge < -0.3 is 15.0 Å². The van der Waals surface area contributed by atoms with Crippen molar-refractivity contribution in [3.05, 3.63) is 64.7 Å². The molecule has 0 heterocycles. The Morgan fingerprint density at radius 2 is 1.65 bits per heavy atom. The number of hydrogen-bond donors (Lipinski definition) is 1. The highest BCUT2D eigenvalue weighted by atomic mass is 35.5. The third kappa shape index (κ3) is 6.41. The van der Waals surface area contributed by atoms with Crippen LogP contribution in [-0.4, -0.2) is 36.9 Å². The van der Waals surface area contributed by atoms with E-state index < -0.39 is 0 Å². The zero-order valence-electron chi connectivity index (χ0n) is 15.0. The fraction of sp³-hybridized carbons (Fsp3) is 0.300. The quantitative estimate of drug-likeness (QED) is 0.772. The molecule has 0 radical (unpaired) electrons. The van der Waals surface area contributed by atoms with E-state index in [1.807, 2.05) is 48.5 Å². The predicted octanol–water partition coefficient (Wildman–Crippen LogP) is 3.06. The van der Waals surface area contributed by atoms with Crippen LogP contribution in [0.15, 0.2) is 48.5 Å². The zero-order chi connectivity index (χ0) is 18.9. The lowest BCUT2D eigenvalue weighted by molar-refractivity contribution is -0.134. The summed E-state index contributed by atoms with van der Waals surface area (Å²) in [5, 5.41) is 3.51. The number of halogens is 1. The molecule has 26 heavy (non-hydrogen) atoms. The van der Waals surface area contributed by atoms with Crippen molar-refractivity contribution in [3.8, 4) is 5.75 Å². The van der Waals surface area contributed by atoms with E-state index >= 15 is 0 Å². The monoisotopic (exact) mass is 374 g/mol. The van der Waals surface area contributed by atoms with Crippen molar-refractivity contribution in [1.29, 1.82) is 0 Å². The van der Waals surface area contributed by atoms with Gasteiger partial charge in [-0.15, -0.1) is 0 Å². The lowest BCUT2D eigenvalue weighted by Crippen LogP contribution is -2.40. The van der Waals surface area contributed by atoms with Crippen LogP contribution in [0.25, 0.3) is 0 Å². The van der Waals surface area contributed by atoms with Gasteiger partial charge in [0.1, 0.15) is 5.75 Å². The molecule has 0 aromatic heterocycles. The Morgan fingerprint density at radius 1 is 1.04 bits per heavy atom. The maximum absolute atomic E-state index is 12.2. The van der Waals surface area contributed by atoms with Crippen LogP contribution in [0, 0.1) is 0 Å². The fourth-order valence-electron chi connectivity index (χ4n) is 2.44. The van der Waals surface area contributed by atoms with E-state index in [0.29, 0.717) is 24.5 Å². The molecule has 0 bridgehead atoms. The summed E-state index contributed by atoms with van der Waals surface area (Å²) in [7, 11) is 1.61. The molecule has 138 valence electrons. The van der Waals surface area contributed by atoms with Gasteiger partial charge in [-0.05, 0) is 41.8 Å². The molecule has 1 N–H and O–H groups in total. The normalized spacial score (nSPS) is 10.3. The van der Waals surface area contributed by atoms with E-state index in [2.05, 4.69) is 5.32 Å². The number of benzene rings is 2. The topological polar surface area (TPSA) is 58.6 Å². The molecule has 0 saturated carbocycles. The van der Waals surface area contributed by atoms with Crippen molar-refractivity contribution >= 4 is 23.4 Å². The number of ether oxygens (including phenoxy) is 1. The van der Waals surface area contributed by atoms with Gasteiger partial charge in [0.25, 0.3) is 0 Å². The Labute approximate surface area is 158 Å². The molecule has 6 heteroatoms. The standard InChI is InChI=1S/C20H23ClN2O3/c1-15(24)23(12-11-16-3-7-18(21)8-4-16)14-20(25)22-13-17-5-9-19(26-2)10-6-17/h3-10H,11-14H2,1-2H3,(H,22,25). The first-order valence-corrected chi connectivity index (χ1v) is 8.75. The molecular weight excluding hydrogens is 352 g/mol. The fourth-order valence-corrected chi connectivity index (χ4v) is 2.56. The molecule has 2 aromatic rings. The summed E-state index contributed by atoms with van der Waals surface area (Å²) in [6, 6.07) is 14.9. The van der Waals surface area contributed by atoms with Gasteiger partial charge in [0.05, 0.1) is 13.7 Å². The van der Waals surface area contributed by atoms with Crippen LogP contribution < -0.4 is 10.1 Å². The van der Waals surface area contributed by atoms with Crippen LogP contribution in [0.2, 0.25) is 5.02 Å². The van der Waals surface area contributed by atoms with Crippen molar-refractivity contribution in [2.24, 2.45) is 0 Å². The van der Waals surface area contributed by atoms with E-state index in [0.717, 1.165) is 16.9 Å².